The Kier molecular flexibility index (Phi) is 8.47. The summed E-state index contributed by atoms with van der Waals surface area (Å²) >= 11 is 0. The normalized spacial score (nSPS) is 15.1. The molecule has 2 heterocycles. The van der Waals surface area contributed by atoms with Crippen molar-refractivity contribution in [1.29, 1.82) is 0 Å². The van der Waals surface area contributed by atoms with Gasteiger partial charge in [-0.05, 0) is 139 Å². The third-order valence-electron chi connectivity index (χ3n) is 17.3. The van der Waals surface area contributed by atoms with Crippen LogP contribution in [0.3, 0.4) is 0 Å². The second-order valence-electron chi connectivity index (χ2n) is 22.4. The van der Waals surface area contributed by atoms with Crippen molar-refractivity contribution in [2.75, 3.05) is 4.90 Å². The van der Waals surface area contributed by atoms with E-state index in [9.17, 15) is 0 Å². The molecule has 73 heavy (non-hydrogen) atoms. The summed E-state index contributed by atoms with van der Waals surface area (Å²) in [5.74, 6) is 0. The quantitative estimate of drug-likeness (QED) is 0.172. The number of hydrogen-bond donors (Lipinski definition) is 0. The van der Waals surface area contributed by atoms with E-state index in [0.717, 1.165) is 50.3 Å². The molecule has 0 atom stereocenters. The maximum Gasteiger partial charge on any atom is 0.144 e. The zero-order valence-electron chi connectivity index (χ0n) is 42.2. The monoisotopic (exact) mass is 939 g/mol. The van der Waals surface area contributed by atoms with Gasteiger partial charge in [0.2, 0.25) is 0 Å². The van der Waals surface area contributed by atoms with Gasteiger partial charge in [-0.25, -0.2) is 0 Å². The van der Waals surface area contributed by atoms with E-state index in [1.54, 1.807) is 0 Å². The first-order valence-electron chi connectivity index (χ1n) is 25.8. The van der Waals surface area contributed by atoms with Crippen molar-refractivity contribution in [2.45, 2.75) is 64.7 Å². The molecule has 0 N–H and O–H groups in total. The highest BCUT2D eigenvalue weighted by Crippen LogP contribution is 2.64. The predicted octanol–water partition coefficient (Wildman–Crippen LogP) is 19.5. The number of rotatable bonds is 5. The molecule has 350 valence electrons. The smallest absolute Gasteiger partial charge is 0.144 e. The zero-order chi connectivity index (χ0) is 49.3. The minimum Gasteiger partial charge on any atom is -0.455 e. The van der Waals surface area contributed by atoms with Crippen LogP contribution in [0.15, 0.2) is 203 Å². The molecule has 0 saturated carbocycles. The topological polar surface area (TPSA) is 29.5 Å². The molecule has 0 spiro atoms. The summed E-state index contributed by atoms with van der Waals surface area (Å²) < 4.78 is 14.0. The summed E-state index contributed by atoms with van der Waals surface area (Å²) in [7, 11) is 0. The van der Waals surface area contributed by atoms with Crippen LogP contribution in [-0.4, -0.2) is 0 Å². The van der Waals surface area contributed by atoms with Crippen LogP contribution >= 0.6 is 0 Å². The fourth-order valence-corrected chi connectivity index (χ4v) is 13.8. The van der Waals surface area contributed by atoms with Crippen molar-refractivity contribution in [3.05, 3.63) is 233 Å². The molecule has 12 aromatic rings. The van der Waals surface area contributed by atoms with Crippen molar-refractivity contribution in [2.24, 2.45) is 0 Å². The molecule has 0 amide bonds. The first kappa shape index (κ1) is 42.3. The minimum atomic E-state index is -0.340. The van der Waals surface area contributed by atoms with Gasteiger partial charge in [0, 0.05) is 66.0 Å². The lowest BCUT2D eigenvalue weighted by Gasteiger charge is -2.32. The summed E-state index contributed by atoms with van der Waals surface area (Å²) in [6.45, 7) is 16.7. The first-order chi connectivity index (χ1) is 35.4. The van der Waals surface area contributed by atoms with Gasteiger partial charge < -0.3 is 13.7 Å². The summed E-state index contributed by atoms with van der Waals surface area (Å²) in [5.41, 5.74) is 27.9. The van der Waals surface area contributed by atoms with Crippen LogP contribution in [0.2, 0.25) is 0 Å². The molecule has 3 heteroatoms. The van der Waals surface area contributed by atoms with Crippen LogP contribution in [0.1, 0.15) is 80.5 Å². The first-order valence-corrected chi connectivity index (χ1v) is 25.8. The molecule has 0 saturated heterocycles. The third-order valence-corrected chi connectivity index (χ3v) is 17.3. The molecule has 0 radical (unpaired) electrons. The van der Waals surface area contributed by atoms with Crippen LogP contribution in [0, 0.1) is 6.92 Å². The Morgan fingerprint density at radius 3 is 1.52 bits per heavy atom. The second kappa shape index (κ2) is 14.6. The van der Waals surface area contributed by atoms with Crippen LogP contribution < -0.4 is 4.90 Å². The number of fused-ring (bicyclic) bond motifs is 19. The SMILES string of the molecule is Cc1ccc(N(c2ccc3c(c2)C(C)(C)c2cc(-c4ccccc4-c4ccccc4)c4oc5ccccc5c4c2-3)c2ccc3c(c2)C(C)(C)c2c4c(c5oc6ccccc6c5c2-3)-c2ccccc2C4(C)C)cc1. The molecular weight excluding hydrogens is 887 g/mol. The van der Waals surface area contributed by atoms with Gasteiger partial charge in [-0.3, -0.25) is 0 Å². The van der Waals surface area contributed by atoms with E-state index in [1.165, 1.54) is 105 Å². The van der Waals surface area contributed by atoms with Gasteiger partial charge in [0.15, 0.2) is 0 Å². The Labute approximate surface area is 426 Å². The van der Waals surface area contributed by atoms with Gasteiger partial charge >= 0.3 is 0 Å². The van der Waals surface area contributed by atoms with Gasteiger partial charge in [0.25, 0.3) is 0 Å². The Bertz CT molecular complexity index is 4350. The highest BCUT2D eigenvalue weighted by Gasteiger charge is 2.49. The molecule has 0 bridgehead atoms. The molecule has 3 nitrogen and oxygen atoms in total. The molecule has 0 aliphatic heterocycles. The van der Waals surface area contributed by atoms with Crippen molar-refractivity contribution in [3.63, 3.8) is 0 Å². The largest absolute Gasteiger partial charge is 0.455 e. The van der Waals surface area contributed by atoms with Gasteiger partial charge in [-0.2, -0.15) is 0 Å². The highest BCUT2D eigenvalue weighted by atomic mass is 16.3. The van der Waals surface area contributed by atoms with Gasteiger partial charge in [-0.1, -0.05) is 187 Å². The van der Waals surface area contributed by atoms with Crippen molar-refractivity contribution < 1.29 is 8.83 Å². The lowest BCUT2D eigenvalue weighted by molar-refractivity contribution is 0.600. The van der Waals surface area contributed by atoms with Gasteiger partial charge in [-0.15, -0.1) is 0 Å². The summed E-state index contributed by atoms with van der Waals surface area (Å²) in [4.78, 5) is 2.48. The average molecular weight is 940 g/mol. The number of benzene rings is 10. The van der Waals surface area contributed by atoms with Crippen molar-refractivity contribution in [1.82, 2.24) is 0 Å². The van der Waals surface area contributed by atoms with Crippen LogP contribution in [-0.2, 0) is 16.2 Å². The fourth-order valence-electron chi connectivity index (χ4n) is 13.8. The average Bonchev–Trinajstić information content (AvgIpc) is 4.16. The van der Waals surface area contributed by atoms with Crippen LogP contribution in [0.5, 0.6) is 0 Å². The third kappa shape index (κ3) is 5.60. The fraction of sp³-hybridized carbons (Fsp3) is 0.143. The summed E-state index contributed by atoms with van der Waals surface area (Å²) in [6, 6.07) is 71.6. The molecular formula is C70H53NO2. The van der Waals surface area contributed by atoms with E-state index in [0.29, 0.717) is 0 Å². The number of hydrogen-bond acceptors (Lipinski definition) is 3. The van der Waals surface area contributed by atoms with E-state index < -0.39 is 0 Å². The highest BCUT2D eigenvalue weighted by molar-refractivity contribution is 6.22. The predicted molar refractivity (Wildman–Crippen MR) is 304 cm³/mol. The molecule has 3 aliphatic carbocycles. The molecule has 10 aromatic carbocycles. The Morgan fingerprint density at radius 1 is 0.342 bits per heavy atom. The van der Waals surface area contributed by atoms with Gasteiger partial charge in [0.1, 0.15) is 22.3 Å². The molecule has 15 rings (SSSR count). The van der Waals surface area contributed by atoms with E-state index in [2.05, 4.69) is 247 Å². The molecule has 0 unspecified atom stereocenters. The second-order valence-corrected chi connectivity index (χ2v) is 22.4. The standard InChI is InChI=1S/C70H53NO2/c1-40-29-31-42(32-30-40)71(44-34-36-49-55(38-44)70(6,7)64-60(49)62-51-25-15-18-28-58(51)73-67(62)63-47-23-13-16-26-53(47)69(4,5)65(63)64)43-33-35-48-54(37-43)68(2,3)56-39-52(46-22-12-11-21-45(46)41-19-9-8-10-20-41)66-61(59(48)56)50-24-14-17-27-57(50)72-66/h8-39H,1-7H3. The van der Waals surface area contributed by atoms with Gasteiger partial charge in [0.05, 0.1) is 0 Å². The molecule has 0 fully saturated rings. The lowest BCUT2D eigenvalue weighted by atomic mass is 9.72. The Hall–Kier alpha value is -8.40. The minimum absolute atomic E-state index is 0.228. The maximum absolute atomic E-state index is 7.00. The van der Waals surface area contributed by atoms with Crippen LogP contribution in [0.4, 0.5) is 17.1 Å². The Morgan fingerprint density at radius 2 is 0.836 bits per heavy atom. The van der Waals surface area contributed by atoms with E-state index in [1.807, 2.05) is 0 Å². The molecule has 2 aromatic heterocycles. The number of para-hydroxylation sites is 2. The number of nitrogens with zero attached hydrogens (tertiary/aromatic N) is 1. The van der Waals surface area contributed by atoms with E-state index >= 15 is 0 Å². The number of aryl methyl sites for hydroxylation is 1. The van der Waals surface area contributed by atoms with Crippen molar-refractivity contribution >= 4 is 60.9 Å². The summed E-state index contributed by atoms with van der Waals surface area (Å²) in [5, 5.41) is 4.71. The van der Waals surface area contributed by atoms with Crippen LogP contribution in [0.25, 0.3) is 99.5 Å². The lowest BCUT2D eigenvalue weighted by Crippen LogP contribution is -2.24. The Balaban J connectivity index is 0.936. The molecule has 3 aliphatic rings. The summed E-state index contributed by atoms with van der Waals surface area (Å²) in [6.07, 6.45) is 0. The van der Waals surface area contributed by atoms with E-state index in [-0.39, 0.29) is 16.2 Å². The maximum atomic E-state index is 7.00. The van der Waals surface area contributed by atoms with E-state index in [4.69, 9.17) is 8.83 Å². The van der Waals surface area contributed by atoms with Crippen molar-refractivity contribution in [3.8, 4) is 55.6 Å². The number of furan rings is 2. The zero-order valence-corrected chi connectivity index (χ0v) is 42.2. The number of anilines is 3.